The van der Waals surface area contributed by atoms with E-state index in [1.807, 2.05) is 36.4 Å². The molecule has 6 nitrogen and oxygen atoms in total. The van der Waals surface area contributed by atoms with E-state index in [1.165, 1.54) is 24.3 Å². The summed E-state index contributed by atoms with van der Waals surface area (Å²) in [6.45, 7) is 0. The molecule has 0 atom stereocenters. The van der Waals surface area contributed by atoms with Crippen molar-refractivity contribution in [2.75, 3.05) is 0 Å². The molecule has 0 radical (unpaired) electrons. The highest BCUT2D eigenvalue weighted by Gasteiger charge is 2.23. The van der Waals surface area contributed by atoms with E-state index in [0.29, 0.717) is 5.56 Å². The molecule has 0 fully saturated rings. The summed E-state index contributed by atoms with van der Waals surface area (Å²) in [5, 5.41) is 10.6. The molecular weight excluding hydrogens is 308 g/mol. The first-order chi connectivity index (χ1) is 11.6. The molecular formula is C18H12N2O4. The third kappa shape index (κ3) is 3.44. The molecule has 6 heteroatoms. The number of carbonyl (C=O) groups excluding carboxylic acids is 1. The smallest absolute Gasteiger partial charge is 0.363 e. The molecule has 0 amide bonds. The Morgan fingerprint density at radius 1 is 1.04 bits per heavy atom. The number of nitro groups is 1. The fourth-order valence-corrected chi connectivity index (χ4v) is 2.09. The Morgan fingerprint density at radius 3 is 2.42 bits per heavy atom. The van der Waals surface area contributed by atoms with Gasteiger partial charge in [0.05, 0.1) is 4.92 Å². The van der Waals surface area contributed by atoms with Crippen LogP contribution in [0.25, 0.3) is 6.08 Å². The Kier molecular flexibility index (Phi) is 4.29. The Labute approximate surface area is 137 Å². The number of benzene rings is 2. The fraction of sp³-hybridized carbons (Fsp3) is 0. The predicted octanol–water partition coefficient (Wildman–Crippen LogP) is 3.50. The van der Waals surface area contributed by atoms with E-state index >= 15 is 0 Å². The van der Waals surface area contributed by atoms with Gasteiger partial charge in [-0.25, -0.2) is 9.79 Å². The fourth-order valence-electron chi connectivity index (χ4n) is 2.09. The Balaban J connectivity index is 1.78. The lowest BCUT2D eigenvalue weighted by molar-refractivity contribution is -0.384. The zero-order valence-corrected chi connectivity index (χ0v) is 12.5. The van der Waals surface area contributed by atoms with Crippen LogP contribution >= 0.6 is 0 Å². The van der Waals surface area contributed by atoms with Crippen molar-refractivity contribution in [1.29, 1.82) is 0 Å². The van der Waals surface area contributed by atoms with Crippen LogP contribution in [0.3, 0.4) is 0 Å². The van der Waals surface area contributed by atoms with Crippen LogP contribution in [-0.4, -0.2) is 16.8 Å². The van der Waals surface area contributed by atoms with Crippen LogP contribution in [-0.2, 0) is 9.53 Å². The highest BCUT2D eigenvalue weighted by atomic mass is 16.6. The summed E-state index contributed by atoms with van der Waals surface area (Å²) in [6, 6.07) is 15.3. The highest BCUT2D eigenvalue weighted by molar-refractivity contribution is 6.11. The number of nitro benzene ring substituents is 1. The van der Waals surface area contributed by atoms with E-state index in [1.54, 1.807) is 12.2 Å². The number of nitrogens with zero attached hydrogens (tertiary/aromatic N) is 2. The second-order valence-corrected chi connectivity index (χ2v) is 4.93. The van der Waals surface area contributed by atoms with Crippen molar-refractivity contribution in [2.45, 2.75) is 0 Å². The Morgan fingerprint density at radius 2 is 1.75 bits per heavy atom. The van der Waals surface area contributed by atoms with Gasteiger partial charge in [0.25, 0.3) is 5.69 Å². The van der Waals surface area contributed by atoms with E-state index in [0.717, 1.165) is 5.56 Å². The summed E-state index contributed by atoms with van der Waals surface area (Å²) in [4.78, 5) is 26.1. The zero-order valence-electron chi connectivity index (χ0n) is 12.5. The molecule has 0 unspecified atom stereocenters. The van der Waals surface area contributed by atoms with Crippen molar-refractivity contribution in [3.8, 4) is 0 Å². The second-order valence-electron chi connectivity index (χ2n) is 4.93. The second kappa shape index (κ2) is 6.70. The molecule has 2 aromatic rings. The monoisotopic (exact) mass is 320 g/mol. The van der Waals surface area contributed by atoms with Crippen LogP contribution < -0.4 is 0 Å². The van der Waals surface area contributed by atoms with E-state index in [9.17, 15) is 14.9 Å². The molecule has 1 heterocycles. The van der Waals surface area contributed by atoms with Crippen molar-refractivity contribution >= 4 is 23.6 Å². The van der Waals surface area contributed by atoms with Crippen LogP contribution in [0.1, 0.15) is 11.1 Å². The lowest BCUT2D eigenvalue weighted by Crippen LogP contribution is -2.05. The average Bonchev–Trinajstić information content (AvgIpc) is 2.97. The number of esters is 1. The van der Waals surface area contributed by atoms with E-state index in [4.69, 9.17) is 4.74 Å². The topological polar surface area (TPSA) is 81.8 Å². The summed E-state index contributed by atoms with van der Waals surface area (Å²) in [5.41, 5.74) is 1.64. The number of hydrogen-bond donors (Lipinski definition) is 0. The quantitative estimate of drug-likeness (QED) is 0.374. The van der Waals surface area contributed by atoms with Gasteiger partial charge in [-0.2, -0.15) is 0 Å². The maximum Gasteiger partial charge on any atom is 0.363 e. The van der Waals surface area contributed by atoms with Crippen LogP contribution in [0.5, 0.6) is 0 Å². The normalized spacial score (nSPS) is 15.6. The number of aliphatic imine (C=N–C) groups is 1. The maximum atomic E-state index is 11.8. The summed E-state index contributed by atoms with van der Waals surface area (Å²) in [6.07, 6.45) is 5.13. The molecule has 0 saturated carbocycles. The molecule has 0 saturated heterocycles. The summed E-state index contributed by atoms with van der Waals surface area (Å²) in [7, 11) is 0. The van der Waals surface area contributed by atoms with Crippen molar-refractivity contribution < 1.29 is 14.5 Å². The number of hydrogen-bond acceptors (Lipinski definition) is 5. The summed E-state index contributed by atoms with van der Waals surface area (Å²) >= 11 is 0. The third-order valence-corrected chi connectivity index (χ3v) is 3.29. The molecule has 118 valence electrons. The van der Waals surface area contributed by atoms with Gasteiger partial charge in [-0.3, -0.25) is 10.1 Å². The van der Waals surface area contributed by atoms with E-state index in [2.05, 4.69) is 4.99 Å². The van der Waals surface area contributed by atoms with Gasteiger partial charge in [-0.1, -0.05) is 42.5 Å². The first-order valence-corrected chi connectivity index (χ1v) is 7.12. The number of rotatable bonds is 4. The Bertz CT molecular complexity index is 866. The number of non-ortho nitro benzene ring substituents is 1. The molecule has 0 aliphatic carbocycles. The molecule has 24 heavy (non-hydrogen) atoms. The lowest BCUT2D eigenvalue weighted by atomic mass is 10.2. The minimum Gasteiger partial charge on any atom is -0.402 e. The average molecular weight is 320 g/mol. The van der Waals surface area contributed by atoms with Crippen molar-refractivity contribution in [2.24, 2.45) is 4.99 Å². The molecule has 3 rings (SSSR count). The molecule has 1 aliphatic heterocycles. The van der Waals surface area contributed by atoms with Crippen LogP contribution in [0.15, 0.2) is 77.4 Å². The number of allylic oxidation sites excluding steroid dienone is 2. The van der Waals surface area contributed by atoms with Crippen LogP contribution in [0.2, 0.25) is 0 Å². The zero-order chi connectivity index (χ0) is 16.9. The van der Waals surface area contributed by atoms with Crippen LogP contribution in [0, 0.1) is 10.1 Å². The largest absolute Gasteiger partial charge is 0.402 e. The van der Waals surface area contributed by atoms with Crippen LogP contribution in [0.4, 0.5) is 5.69 Å². The van der Waals surface area contributed by atoms with Gasteiger partial charge in [-0.15, -0.1) is 0 Å². The first kappa shape index (κ1) is 15.4. The summed E-state index contributed by atoms with van der Waals surface area (Å²) < 4.78 is 5.10. The van der Waals surface area contributed by atoms with Gasteiger partial charge >= 0.3 is 5.97 Å². The molecule has 0 N–H and O–H groups in total. The SMILES string of the molecule is O=C1OC(c2ccc([N+](=O)[O-])cc2)=N/C1=C\C=C\c1ccccc1. The number of ether oxygens (including phenoxy) is 1. The number of carbonyl (C=O) groups is 1. The molecule has 0 spiro atoms. The number of cyclic esters (lactones) is 1. The molecule has 1 aliphatic rings. The molecule has 2 aromatic carbocycles. The van der Waals surface area contributed by atoms with Crippen molar-refractivity contribution in [3.63, 3.8) is 0 Å². The van der Waals surface area contributed by atoms with Gasteiger partial charge in [0, 0.05) is 17.7 Å². The Hall–Kier alpha value is -3.54. The molecule has 0 aromatic heterocycles. The minimum absolute atomic E-state index is 0.0368. The van der Waals surface area contributed by atoms with Crippen molar-refractivity contribution in [3.05, 3.63) is 93.7 Å². The van der Waals surface area contributed by atoms with Gasteiger partial charge in [0.2, 0.25) is 5.90 Å². The third-order valence-electron chi connectivity index (χ3n) is 3.29. The first-order valence-electron chi connectivity index (χ1n) is 7.12. The predicted molar refractivity (Wildman–Crippen MR) is 89.3 cm³/mol. The highest BCUT2D eigenvalue weighted by Crippen LogP contribution is 2.19. The minimum atomic E-state index is -0.555. The van der Waals surface area contributed by atoms with Gasteiger partial charge in [0.1, 0.15) is 0 Å². The van der Waals surface area contributed by atoms with Gasteiger partial charge < -0.3 is 4.74 Å². The van der Waals surface area contributed by atoms with Gasteiger partial charge in [-0.05, 0) is 23.8 Å². The van der Waals surface area contributed by atoms with Crippen molar-refractivity contribution in [1.82, 2.24) is 0 Å². The lowest BCUT2D eigenvalue weighted by Gasteiger charge is -1.98. The van der Waals surface area contributed by atoms with E-state index in [-0.39, 0.29) is 17.3 Å². The van der Waals surface area contributed by atoms with E-state index < -0.39 is 10.9 Å². The summed E-state index contributed by atoms with van der Waals surface area (Å²) in [5.74, 6) is -0.421. The van der Waals surface area contributed by atoms with Gasteiger partial charge in [0.15, 0.2) is 5.70 Å². The standard InChI is InChI=1S/C18H12N2O4/c21-18-16(8-4-7-13-5-2-1-3-6-13)19-17(24-18)14-9-11-15(12-10-14)20(22)23/h1-12H/b7-4+,16-8-. The molecule has 0 bridgehead atoms. The maximum absolute atomic E-state index is 11.8.